The maximum atomic E-state index is 5.65. The summed E-state index contributed by atoms with van der Waals surface area (Å²) in [6.07, 6.45) is 1.25. The average Bonchev–Trinajstić information content (AvgIpc) is 2.38. The van der Waals surface area contributed by atoms with Gasteiger partial charge in [0, 0.05) is 35.1 Å². The first-order valence-corrected chi connectivity index (χ1v) is 7.93. The lowest BCUT2D eigenvalue weighted by Gasteiger charge is -2.34. The summed E-state index contributed by atoms with van der Waals surface area (Å²) in [5.41, 5.74) is 8.14. The highest BCUT2D eigenvalue weighted by molar-refractivity contribution is 9.10. The smallest absolute Gasteiger partial charge is 0.0511 e. The van der Waals surface area contributed by atoms with Crippen LogP contribution in [0, 0.1) is 0 Å². The molecule has 2 N–H and O–H groups in total. The predicted molar refractivity (Wildman–Crippen MR) is 80.8 cm³/mol. The van der Waals surface area contributed by atoms with Gasteiger partial charge in [-0.3, -0.25) is 0 Å². The normalized spacial score (nSPS) is 20.6. The molecular weight excluding hydrogens is 296 g/mol. The van der Waals surface area contributed by atoms with Crippen LogP contribution in [0.15, 0.2) is 22.7 Å². The molecule has 2 nitrogen and oxygen atoms in total. The predicted octanol–water partition coefficient (Wildman–Crippen LogP) is 3.24. The van der Waals surface area contributed by atoms with Crippen LogP contribution in [-0.2, 0) is 6.54 Å². The van der Waals surface area contributed by atoms with Crippen LogP contribution in [0.5, 0.6) is 0 Å². The molecule has 0 aromatic heterocycles. The molecule has 0 spiro atoms. The fourth-order valence-corrected chi connectivity index (χ4v) is 3.98. The van der Waals surface area contributed by atoms with Gasteiger partial charge >= 0.3 is 0 Å². The Bertz CT molecular complexity index is 384. The van der Waals surface area contributed by atoms with Gasteiger partial charge in [-0.25, -0.2) is 0 Å². The number of hydrogen-bond acceptors (Lipinski definition) is 3. The van der Waals surface area contributed by atoms with Crippen LogP contribution in [0.3, 0.4) is 0 Å². The molecule has 1 heterocycles. The lowest BCUT2D eigenvalue weighted by Crippen LogP contribution is -2.37. The zero-order valence-electron chi connectivity index (χ0n) is 10.2. The van der Waals surface area contributed by atoms with E-state index in [1.165, 1.54) is 27.9 Å². The van der Waals surface area contributed by atoms with Crippen molar-refractivity contribution < 1.29 is 0 Å². The summed E-state index contributed by atoms with van der Waals surface area (Å²) in [4.78, 5) is 2.48. The van der Waals surface area contributed by atoms with Crippen LogP contribution in [0.1, 0.15) is 18.9 Å². The highest BCUT2D eigenvalue weighted by atomic mass is 79.9. The minimum absolute atomic E-state index is 0.603. The summed E-state index contributed by atoms with van der Waals surface area (Å²) >= 11 is 5.76. The largest absolute Gasteiger partial charge is 0.369 e. The molecule has 0 amide bonds. The van der Waals surface area contributed by atoms with Crippen LogP contribution in [0.2, 0.25) is 0 Å². The van der Waals surface area contributed by atoms with Crippen LogP contribution in [-0.4, -0.2) is 24.1 Å². The van der Waals surface area contributed by atoms with Crippen molar-refractivity contribution in [3.05, 3.63) is 28.2 Å². The minimum Gasteiger partial charge on any atom is -0.369 e. The molecule has 1 atom stereocenters. The standard InChI is InChI=1S/C13H19BrN2S/c1-2-11-9-16(5-6-17-11)13-4-3-10(8-15)7-12(13)14/h3-4,7,11H,2,5-6,8-9,15H2,1H3. The summed E-state index contributed by atoms with van der Waals surface area (Å²) in [5.74, 6) is 1.23. The summed E-state index contributed by atoms with van der Waals surface area (Å²) in [5, 5.41) is 0.768. The molecule has 1 saturated heterocycles. The molecule has 1 aliphatic rings. The number of halogens is 1. The van der Waals surface area contributed by atoms with Crippen LogP contribution < -0.4 is 10.6 Å². The molecule has 0 saturated carbocycles. The maximum Gasteiger partial charge on any atom is 0.0511 e. The average molecular weight is 315 g/mol. The van der Waals surface area contributed by atoms with Crippen molar-refractivity contribution in [3.63, 3.8) is 0 Å². The van der Waals surface area contributed by atoms with E-state index in [9.17, 15) is 0 Å². The quantitative estimate of drug-likeness (QED) is 0.928. The van der Waals surface area contributed by atoms with Gasteiger partial charge in [-0.1, -0.05) is 13.0 Å². The highest BCUT2D eigenvalue weighted by Crippen LogP contribution is 2.31. The van der Waals surface area contributed by atoms with Crippen molar-refractivity contribution >= 4 is 33.4 Å². The van der Waals surface area contributed by atoms with E-state index in [1.54, 1.807) is 0 Å². The third-order valence-electron chi connectivity index (χ3n) is 3.18. The maximum absolute atomic E-state index is 5.65. The van der Waals surface area contributed by atoms with E-state index < -0.39 is 0 Å². The van der Waals surface area contributed by atoms with E-state index in [0.717, 1.165) is 18.3 Å². The number of benzene rings is 1. The third-order valence-corrected chi connectivity index (χ3v) is 5.19. The van der Waals surface area contributed by atoms with E-state index in [4.69, 9.17) is 5.73 Å². The first kappa shape index (κ1) is 13.2. The van der Waals surface area contributed by atoms with Gasteiger partial charge in [-0.2, -0.15) is 11.8 Å². The molecular formula is C13H19BrN2S. The molecule has 1 aliphatic heterocycles. The van der Waals surface area contributed by atoms with E-state index in [2.05, 4.69) is 57.7 Å². The minimum atomic E-state index is 0.603. The Kier molecular flexibility index (Phi) is 4.77. The number of rotatable bonds is 3. The second kappa shape index (κ2) is 6.12. The van der Waals surface area contributed by atoms with Gasteiger partial charge in [-0.15, -0.1) is 0 Å². The zero-order valence-corrected chi connectivity index (χ0v) is 12.6. The van der Waals surface area contributed by atoms with Gasteiger partial charge in [0.25, 0.3) is 0 Å². The Morgan fingerprint density at radius 1 is 1.53 bits per heavy atom. The van der Waals surface area contributed by atoms with Crippen molar-refractivity contribution in [1.29, 1.82) is 0 Å². The zero-order chi connectivity index (χ0) is 12.3. The van der Waals surface area contributed by atoms with Gasteiger partial charge in [-0.05, 0) is 40.0 Å². The molecule has 1 fully saturated rings. The van der Waals surface area contributed by atoms with Gasteiger partial charge in [0.2, 0.25) is 0 Å². The summed E-state index contributed by atoms with van der Waals surface area (Å²) in [7, 11) is 0. The number of anilines is 1. The Morgan fingerprint density at radius 3 is 3.00 bits per heavy atom. The fraction of sp³-hybridized carbons (Fsp3) is 0.538. The number of hydrogen-bond donors (Lipinski definition) is 1. The molecule has 0 radical (unpaired) electrons. The van der Waals surface area contributed by atoms with Crippen molar-refractivity contribution in [2.45, 2.75) is 25.1 Å². The first-order valence-electron chi connectivity index (χ1n) is 6.09. The topological polar surface area (TPSA) is 29.3 Å². The van der Waals surface area contributed by atoms with E-state index in [0.29, 0.717) is 6.54 Å². The molecule has 17 heavy (non-hydrogen) atoms. The molecule has 0 bridgehead atoms. The lowest BCUT2D eigenvalue weighted by molar-refractivity contribution is 0.727. The van der Waals surface area contributed by atoms with E-state index in [-0.39, 0.29) is 0 Å². The molecule has 0 aliphatic carbocycles. The van der Waals surface area contributed by atoms with Crippen LogP contribution in [0.25, 0.3) is 0 Å². The van der Waals surface area contributed by atoms with Crippen molar-refractivity contribution in [2.75, 3.05) is 23.7 Å². The molecule has 4 heteroatoms. The second-order valence-electron chi connectivity index (χ2n) is 4.34. The van der Waals surface area contributed by atoms with Gasteiger partial charge in [0.1, 0.15) is 0 Å². The van der Waals surface area contributed by atoms with Gasteiger partial charge < -0.3 is 10.6 Å². The van der Waals surface area contributed by atoms with Crippen molar-refractivity contribution in [3.8, 4) is 0 Å². The fourth-order valence-electron chi connectivity index (χ4n) is 2.12. The monoisotopic (exact) mass is 314 g/mol. The van der Waals surface area contributed by atoms with Gasteiger partial charge in [0.15, 0.2) is 0 Å². The van der Waals surface area contributed by atoms with E-state index in [1.807, 2.05) is 0 Å². The molecule has 94 valence electrons. The Hall–Kier alpha value is -0.190. The van der Waals surface area contributed by atoms with Crippen molar-refractivity contribution in [1.82, 2.24) is 0 Å². The Morgan fingerprint density at radius 2 is 2.35 bits per heavy atom. The molecule has 1 aromatic carbocycles. The third kappa shape index (κ3) is 3.18. The first-order chi connectivity index (χ1) is 8.24. The molecule has 1 aromatic rings. The summed E-state index contributed by atoms with van der Waals surface area (Å²) < 4.78 is 1.17. The summed E-state index contributed by atoms with van der Waals surface area (Å²) in [6, 6.07) is 6.45. The SMILES string of the molecule is CCC1CN(c2ccc(CN)cc2Br)CCS1. The summed E-state index contributed by atoms with van der Waals surface area (Å²) in [6.45, 7) is 5.17. The van der Waals surface area contributed by atoms with Crippen molar-refractivity contribution in [2.24, 2.45) is 5.73 Å². The number of thioether (sulfide) groups is 1. The number of nitrogens with two attached hydrogens (primary N) is 1. The number of nitrogens with zero attached hydrogens (tertiary/aromatic N) is 1. The van der Waals surface area contributed by atoms with Gasteiger partial charge in [0.05, 0.1) is 5.69 Å². The Labute approximate surface area is 116 Å². The second-order valence-corrected chi connectivity index (χ2v) is 6.60. The highest BCUT2D eigenvalue weighted by Gasteiger charge is 2.20. The Balaban J connectivity index is 2.16. The molecule has 2 rings (SSSR count). The lowest BCUT2D eigenvalue weighted by atomic mass is 10.2. The van der Waals surface area contributed by atoms with Crippen LogP contribution in [0.4, 0.5) is 5.69 Å². The molecule has 1 unspecified atom stereocenters. The van der Waals surface area contributed by atoms with Crippen LogP contribution >= 0.6 is 27.7 Å². The van der Waals surface area contributed by atoms with E-state index >= 15 is 0 Å².